The summed E-state index contributed by atoms with van der Waals surface area (Å²) in [6.07, 6.45) is 1.08. The van der Waals surface area contributed by atoms with Crippen molar-refractivity contribution in [1.82, 2.24) is 4.98 Å². The summed E-state index contributed by atoms with van der Waals surface area (Å²) >= 11 is 0. The second kappa shape index (κ2) is 7.25. The molecule has 1 aromatic heterocycles. The van der Waals surface area contributed by atoms with Gasteiger partial charge in [-0.25, -0.2) is 0 Å². The molecule has 0 amide bonds. The number of aryl methyl sites for hydroxylation is 2. The molecule has 0 spiro atoms. The van der Waals surface area contributed by atoms with E-state index in [0.29, 0.717) is 18.4 Å². The Labute approximate surface area is 152 Å². The topological polar surface area (TPSA) is 73.3 Å². The minimum absolute atomic E-state index is 0.0411. The first-order chi connectivity index (χ1) is 12.3. The molecule has 3 rings (SSSR count). The molecule has 0 atom stereocenters. The molecule has 0 saturated carbocycles. The number of Topliss-reactive ketones (excluding diaryl/α,β-unsaturated/α-hetero) is 1. The lowest BCUT2D eigenvalue weighted by molar-refractivity contribution is -0.116. The van der Waals surface area contributed by atoms with Crippen LogP contribution in [0.25, 0.3) is 10.9 Å². The molecular formula is C20H19NO4S. The van der Waals surface area contributed by atoms with Gasteiger partial charge in [0.25, 0.3) is 0 Å². The largest absolute Gasteiger partial charge is 0.379 e. The standard InChI is InChI=1S/C20H19NO4S/c1-14-6-11-17-4-3-5-19(20(17)21-14)26(23,24)25-18-12-9-16(10-13-18)8-7-15(2)22/h3-6,9-13H,7-8H2,1-2H3. The predicted molar refractivity (Wildman–Crippen MR) is 99.7 cm³/mol. The number of carbonyl (C=O) groups excluding carboxylic acids is 1. The summed E-state index contributed by atoms with van der Waals surface area (Å²) < 4.78 is 30.7. The van der Waals surface area contributed by atoms with Crippen molar-refractivity contribution in [3.8, 4) is 5.75 Å². The van der Waals surface area contributed by atoms with Crippen molar-refractivity contribution in [3.05, 3.63) is 65.9 Å². The highest BCUT2D eigenvalue weighted by Crippen LogP contribution is 2.25. The monoisotopic (exact) mass is 369 g/mol. The quantitative estimate of drug-likeness (QED) is 0.617. The Morgan fingerprint density at radius 2 is 1.77 bits per heavy atom. The third-order valence-electron chi connectivity index (χ3n) is 3.99. The summed E-state index contributed by atoms with van der Waals surface area (Å²) in [5, 5.41) is 0.736. The van der Waals surface area contributed by atoms with Crippen molar-refractivity contribution in [1.29, 1.82) is 0 Å². The van der Waals surface area contributed by atoms with Gasteiger partial charge in [-0.05, 0) is 50.1 Å². The fourth-order valence-electron chi connectivity index (χ4n) is 2.62. The molecule has 3 aromatic rings. The summed E-state index contributed by atoms with van der Waals surface area (Å²) in [5.41, 5.74) is 2.08. The van der Waals surface area contributed by atoms with Crippen LogP contribution in [-0.4, -0.2) is 19.2 Å². The number of pyridine rings is 1. The zero-order valence-electron chi connectivity index (χ0n) is 14.6. The van der Waals surface area contributed by atoms with E-state index >= 15 is 0 Å². The van der Waals surface area contributed by atoms with Crippen LogP contribution in [0.2, 0.25) is 0 Å². The molecule has 134 valence electrons. The molecule has 0 aliphatic heterocycles. The number of carbonyl (C=O) groups is 1. The maximum atomic E-state index is 12.7. The van der Waals surface area contributed by atoms with Gasteiger partial charge in [-0.15, -0.1) is 0 Å². The van der Waals surface area contributed by atoms with E-state index in [1.165, 1.54) is 6.07 Å². The van der Waals surface area contributed by atoms with Crippen molar-refractivity contribution in [3.63, 3.8) is 0 Å². The fraction of sp³-hybridized carbons (Fsp3) is 0.200. The summed E-state index contributed by atoms with van der Waals surface area (Å²) in [6, 6.07) is 15.3. The third kappa shape index (κ3) is 4.08. The summed E-state index contributed by atoms with van der Waals surface area (Å²) in [5.74, 6) is 0.341. The van der Waals surface area contributed by atoms with Gasteiger partial charge in [0.2, 0.25) is 0 Å². The Bertz CT molecular complexity index is 1060. The number of hydrogen-bond donors (Lipinski definition) is 0. The van der Waals surface area contributed by atoms with Crippen LogP contribution in [0.4, 0.5) is 0 Å². The van der Waals surface area contributed by atoms with Crippen LogP contribution in [0.5, 0.6) is 5.75 Å². The molecule has 0 aliphatic rings. The smallest absolute Gasteiger partial charge is 0.341 e. The van der Waals surface area contributed by atoms with Crippen molar-refractivity contribution in [2.75, 3.05) is 0 Å². The number of aromatic nitrogens is 1. The van der Waals surface area contributed by atoms with E-state index in [9.17, 15) is 13.2 Å². The van der Waals surface area contributed by atoms with E-state index in [4.69, 9.17) is 4.18 Å². The maximum absolute atomic E-state index is 12.7. The zero-order chi connectivity index (χ0) is 18.7. The molecule has 0 radical (unpaired) electrons. The van der Waals surface area contributed by atoms with Gasteiger partial charge in [-0.3, -0.25) is 4.98 Å². The van der Waals surface area contributed by atoms with E-state index in [0.717, 1.165) is 16.6 Å². The average Bonchev–Trinajstić information content (AvgIpc) is 2.60. The third-order valence-corrected chi connectivity index (χ3v) is 5.27. The van der Waals surface area contributed by atoms with E-state index in [2.05, 4.69) is 4.98 Å². The van der Waals surface area contributed by atoms with Crippen molar-refractivity contribution in [2.24, 2.45) is 0 Å². The summed E-state index contributed by atoms with van der Waals surface area (Å²) in [6.45, 7) is 3.35. The molecule has 1 heterocycles. The lowest BCUT2D eigenvalue weighted by atomic mass is 10.1. The summed E-state index contributed by atoms with van der Waals surface area (Å²) in [7, 11) is -4.01. The lowest BCUT2D eigenvalue weighted by Gasteiger charge is -2.10. The summed E-state index contributed by atoms with van der Waals surface area (Å²) in [4.78, 5) is 15.4. The van der Waals surface area contributed by atoms with Gasteiger partial charge >= 0.3 is 10.1 Å². The molecular weight excluding hydrogens is 350 g/mol. The van der Waals surface area contributed by atoms with Crippen LogP contribution in [0.15, 0.2) is 59.5 Å². The molecule has 6 heteroatoms. The fourth-order valence-corrected chi connectivity index (χ4v) is 3.72. The minimum atomic E-state index is -4.01. The molecule has 0 N–H and O–H groups in total. The van der Waals surface area contributed by atoms with Crippen molar-refractivity contribution >= 4 is 26.8 Å². The molecule has 5 nitrogen and oxygen atoms in total. The second-order valence-corrected chi connectivity index (χ2v) is 7.68. The molecule has 2 aromatic carbocycles. The van der Waals surface area contributed by atoms with Gasteiger partial charge in [0.15, 0.2) is 0 Å². The molecule has 0 saturated heterocycles. The molecule has 0 unspecified atom stereocenters. The van der Waals surface area contributed by atoms with Gasteiger partial charge in [-0.1, -0.05) is 30.3 Å². The number of rotatable bonds is 6. The van der Waals surface area contributed by atoms with Crippen LogP contribution in [0, 0.1) is 6.92 Å². The van der Waals surface area contributed by atoms with Crippen LogP contribution in [0.1, 0.15) is 24.6 Å². The van der Waals surface area contributed by atoms with Gasteiger partial charge in [0, 0.05) is 17.5 Å². The average molecular weight is 369 g/mol. The molecule has 0 aliphatic carbocycles. The number of nitrogens with zero attached hydrogens (tertiary/aromatic N) is 1. The van der Waals surface area contributed by atoms with E-state index in [-0.39, 0.29) is 16.4 Å². The lowest BCUT2D eigenvalue weighted by Crippen LogP contribution is -2.11. The first-order valence-electron chi connectivity index (χ1n) is 8.24. The second-order valence-electron chi connectivity index (χ2n) is 6.16. The maximum Gasteiger partial charge on any atom is 0.341 e. The van der Waals surface area contributed by atoms with Crippen molar-refractivity contribution < 1.29 is 17.4 Å². The highest BCUT2D eigenvalue weighted by Gasteiger charge is 2.20. The Balaban J connectivity index is 1.88. The zero-order valence-corrected chi connectivity index (χ0v) is 15.4. The predicted octanol–water partition coefficient (Wildman–Crippen LogP) is 3.83. The normalized spacial score (nSPS) is 11.5. The van der Waals surface area contributed by atoms with Crippen LogP contribution in [-0.2, 0) is 21.3 Å². The minimum Gasteiger partial charge on any atom is -0.379 e. The molecule has 26 heavy (non-hydrogen) atoms. The Hall–Kier alpha value is -2.73. The van der Waals surface area contributed by atoms with E-state index in [1.807, 2.05) is 25.1 Å². The SMILES string of the molecule is CC(=O)CCc1ccc(OS(=O)(=O)c2cccc3ccc(C)nc23)cc1. The Morgan fingerprint density at radius 1 is 1.04 bits per heavy atom. The number of para-hydroxylation sites is 1. The molecule has 0 fully saturated rings. The Morgan fingerprint density at radius 3 is 2.46 bits per heavy atom. The van der Waals surface area contributed by atoms with Gasteiger partial charge in [-0.2, -0.15) is 8.42 Å². The number of fused-ring (bicyclic) bond motifs is 1. The van der Waals surface area contributed by atoms with Gasteiger partial charge < -0.3 is 8.98 Å². The van der Waals surface area contributed by atoms with Crippen LogP contribution >= 0.6 is 0 Å². The molecule has 0 bridgehead atoms. The first-order valence-corrected chi connectivity index (χ1v) is 9.65. The van der Waals surface area contributed by atoms with E-state index in [1.54, 1.807) is 37.3 Å². The highest BCUT2D eigenvalue weighted by molar-refractivity contribution is 7.87. The first kappa shape index (κ1) is 18.1. The van der Waals surface area contributed by atoms with Crippen LogP contribution < -0.4 is 4.18 Å². The van der Waals surface area contributed by atoms with Crippen molar-refractivity contribution in [2.45, 2.75) is 31.6 Å². The number of benzene rings is 2. The van der Waals surface area contributed by atoms with Gasteiger partial charge in [0.1, 0.15) is 16.4 Å². The van der Waals surface area contributed by atoms with Gasteiger partial charge in [0.05, 0.1) is 5.52 Å². The Kier molecular flexibility index (Phi) is 5.04. The highest BCUT2D eigenvalue weighted by atomic mass is 32.2. The van der Waals surface area contributed by atoms with Crippen LogP contribution in [0.3, 0.4) is 0 Å². The number of ketones is 1. The van der Waals surface area contributed by atoms with E-state index < -0.39 is 10.1 Å². The number of hydrogen-bond acceptors (Lipinski definition) is 5.